The third-order valence-corrected chi connectivity index (χ3v) is 4.87. The SMILES string of the molecule is C[N+]1(C)C(O)=C2CC(=O)N1C1(Oc3ccccc3CC1O)C2=O. The lowest BCUT2D eigenvalue weighted by Gasteiger charge is -2.56. The Labute approximate surface area is 132 Å². The molecule has 23 heavy (non-hydrogen) atoms. The molecule has 7 nitrogen and oxygen atoms in total. The molecule has 4 aliphatic rings. The van der Waals surface area contributed by atoms with Crippen LogP contribution in [0.3, 0.4) is 0 Å². The molecule has 1 aromatic carbocycles. The van der Waals surface area contributed by atoms with E-state index in [0.717, 1.165) is 10.6 Å². The fraction of sp³-hybridized carbons (Fsp3) is 0.375. The Morgan fingerprint density at radius 1 is 1.30 bits per heavy atom. The molecule has 2 N–H and O–H groups in total. The van der Waals surface area contributed by atoms with Gasteiger partial charge in [-0.2, -0.15) is 4.59 Å². The first kappa shape index (κ1) is 14.2. The van der Waals surface area contributed by atoms with Crippen molar-refractivity contribution in [2.24, 2.45) is 0 Å². The molecule has 7 heteroatoms. The van der Waals surface area contributed by atoms with Gasteiger partial charge in [0.25, 0.3) is 5.91 Å². The van der Waals surface area contributed by atoms with Gasteiger partial charge in [-0.05, 0) is 11.6 Å². The van der Waals surface area contributed by atoms with E-state index in [1.54, 1.807) is 26.2 Å². The molecule has 2 unspecified atom stereocenters. The molecular weight excluding hydrogens is 300 g/mol. The summed E-state index contributed by atoms with van der Waals surface area (Å²) in [5.41, 5.74) is -1.03. The molecule has 1 aromatic rings. The van der Waals surface area contributed by atoms with E-state index in [9.17, 15) is 19.8 Å². The number of rotatable bonds is 0. The molecule has 4 aliphatic heterocycles. The van der Waals surface area contributed by atoms with Crippen molar-refractivity contribution in [3.63, 3.8) is 0 Å². The average Bonchev–Trinajstić information content (AvgIpc) is 2.49. The van der Waals surface area contributed by atoms with Gasteiger partial charge in [-0.15, -0.1) is 5.01 Å². The zero-order valence-corrected chi connectivity index (χ0v) is 12.8. The molecule has 120 valence electrons. The molecule has 0 radical (unpaired) electrons. The highest BCUT2D eigenvalue weighted by atomic mass is 16.6. The Morgan fingerprint density at radius 2 is 2.00 bits per heavy atom. The quantitative estimate of drug-likeness (QED) is 0.670. The number of aliphatic hydroxyl groups is 2. The fourth-order valence-corrected chi connectivity index (χ4v) is 3.80. The number of amides is 1. The standard InChI is InChI=1S/C16H16N2O5/c1-18(2)15(22)10-8-13(20)17(18)16(14(10)21)12(19)7-9-5-3-4-6-11(9)23-16/h3-6,12,19H,7-8H2,1-2H3/p+1. The molecule has 1 amide bonds. The number of carbonyl (C=O) groups excluding carboxylic acids is 2. The number of nitrogens with zero attached hydrogens (tertiary/aromatic N) is 2. The Hall–Kier alpha value is -2.38. The average molecular weight is 317 g/mol. The Morgan fingerprint density at radius 3 is 2.74 bits per heavy atom. The van der Waals surface area contributed by atoms with Gasteiger partial charge in [-0.3, -0.25) is 9.59 Å². The molecular formula is C16H17N2O5+. The van der Waals surface area contributed by atoms with Crippen LogP contribution in [0.25, 0.3) is 0 Å². The van der Waals surface area contributed by atoms with Crippen LogP contribution >= 0.6 is 0 Å². The number of ether oxygens (including phenoxy) is 1. The predicted molar refractivity (Wildman–Crippen MR) is 77.7 cm³/mol. The molecule has 4 heterocycles. The molecule has 2 bridgehead atoms. The van der Waals surface area contributed by atoms with Gasteiger partial charge in [0.05, 0.1) is 20.5 Å². The minimum absolute atomic E-state index is 0.0148. The first-order chi connectivity index (χ1) is 10.8. The van der Waals surface area contributed by atoms with Crippen LogP contribution in [0, 0.1) is 0 Å². The molecule has 1 saturated heterocycles. The number of hydrogen-bond donors (Lipinski definition) is 2. The van der Waals surface area contributed by atoms with Gasteiger partial charge < -0.3 is 14.9 Å². The van der Waals surface area contributed by atoms with Crippen LogP contribution in [0.1, 0.15) is 12.0 Å². The van der Waals surface area contributed by atoms with Crippen LogP contribution in [-0.2, 0) is 16.0 Å². The summed E-state index contributed by atoms with van der Waals surface area (Å²) < 4.78 is 5.57. The number of piperidine rings is 1. The third-order valence-electron chi connectivity index (χ3n) is 4.87. The van der Waals surface area contributed by atoms with Crippen molar-refractivity contribution in [3.8, 4) is 5.75 Å². The first-order valence-corrected chi connectivity index (χ1v) is 7.40. The highest BCUT2D eigenvalue weighted by Crippen LogP contribution is 2.47. The maximum atomic E-state index is 12.9. The molecule has 0 saturated carbocycles. The molecule has 0 aromatic heterocycles. The Kier molecular flexibility index (Phi) is 2.55. The van der Waals surface area contributed by atoms with E-state index in [2.05, 4.69) is 0 Å². The number of para-hydroxylation sites is 1. The van der Waals surface area contributed by atoms with Gasteiger partial charge in [-0.1, -0.05) is 18.2 Å². The molecule has 5 rings (SSSR count). The number of hydrogen-bond acceptors (Lipinski definition) is 5. The molecule has 1 fully saturated rings. The van der Waals surface area contributed by atoms with Crippen molar-refractivity contribution >= 4 is 11.7 Å². The second-order valence-electron chi connectivity index (χ2n) is 6.53. The van der Waals surface area contributed by atoms with Gasteiger partial charge in [-0.25, -0.2) is 0 Å². The monoisotopic (exact) mass is 317 g/mol. The van der Waals surface area contributed by atoms with Crippen LogP contribution in [0.5, 0.6) is 5.75 Å². The van der Waals surface area contributed by atoms with Crippen molar-refractivity contribution in [2.75, 3.05) is 14.1 Å². The third kappa shape index (κ3) is 1.50. The zero-order valence-electron chi connectivity index (χ0n) is 12.8. The van der Waals surface area contributed by atoms with Crippen LogP contribution in [-0.4, -0.2) is 57.4 Å². The Balaban J connectivity index is 1.96. The maximum Gasteiger partial charge on any atom is 0.321 e. The van der Waals surface area contributed by atoms with Crippen LogP contribution in [0.2, 0.25) is 0 Å². The number of quaternary nitrogens is 1. The lowest BCUT2D eigenvalue weighted by atomic mass is 9.82. The summed E-state index contributed by atoms with van der Waals surface area (Å²) in [6.07, 6.45) is -1.19. The summed E-state index contributed by atoms with van der Waals surface area (Å²) in [6.45, 7) is 0. The number of fused-ring (bicyclic) bond motifs is 3. The summed E-state index contributed by atoms with van der Waals surface area (Å²) in [7, 11) is 3.16. The van der Waals surface area contributed by atoms with Crippen molar-refractivity contribution in [1.29, 1.82) is 0 Å². The number of carbonyl (C=O) groups is 2. The molecule has 1 spiro atoms. The zero-order chi connectivity index (χ0) is 16.6. The van der Waals surface area contributed by atoms with E-state index in [-0.39, 0.29) is 34.8 Å². The van der Waals surface area contributed by atoms with E-state index < -0.39 is 17.6 Å². The van der Waals surface area contributed by atoms with Gasteiger partial charge in [0.2, 0.25) is 5.78 Å². The maximum absolute atomic E-state index is 12.9. The highest BCUT2D eigenvalue weighted by molar-refractivity contribution is 6.11. The number of benzene rings is 1. The van der Waals surface area contributed by atoms with Crippen molar-refractivity contribution in [2.45, 2.75) is 24.7 Å². The largest absolute Gasteiger partial charge is 0.465 e. The lowest BCUT2D eigenvalue weighted by Crippen LogP contribution is -2.81. The summed E-state index contributed by atoms with van der Waals surface area (Å²) >= 11 is 0. The smallest absolute Gasteiger partial charge is 0.321 e. The van der Waals surface area contributed by atoms with Gasteiger partial charge in [0.1, 0.15) is 17.4 Å². The second-order valence-corrected chi connectivity index (χ2v) is 6.53. The van der Waals surface area contributed by atoms with E-state index in [0.29, 0.717) is 5.75 Å². The van der Waals surface area contributed by atoms with Crippen LogP contribution in [0.15, 0.2) is 35.7 Å². The van der Waals surface area contributed by atoms with Crippen LogP contribution in [0.4, 0.5) is 0 Å². The number of ketones is 1. The number of aliphatic hydroxyl groups excluding tert-OH is 2. The number of Topliss-reactive ketones (excluding diaryl/α,β-unsaturated/α-hetero) is 1. The van der Waals surface area contributed by atoms with Crippen molar-refractivity contribution in [3.05, 3.63) is 41.3 Å². The highest BCUT2D eigenvalue weighted by Gasteiger charge is 2.71. The fourth-order valence-electron chi connectivity index (χ4n) is 3.80. The van der Waals surface area contributed by atoms with Gasteiger partial charge in [0.15, 0.2) is 0 Å². The lowest BCUT2D eigenvalue weighted by molar-refractivity contribution is -0.984. The second kappa shape index (κ2) is 4.12. The summed E-state index contributed by atoms with van der Waals surface area (Å²) in [6, 6.07) is 7.11. The van der Waals surface area contributed by atoms with Crippen LogP contribution < -0.4 is 4.74 Å². The predicted octanol–water partition coefficient (Wildman–Crippen LogP) is 0.255. The van der Waals surface area contributed by atoms with E-state index >= 15 is 0 Å². The van der Waals surface area contributed by atoms with Gasteiger partial charge in [0, 0.05) is 6.42 Å². The van der Waals surface area contributed by atoms with E-state index in [1.807, 2.05) is 12.1 Å². The molecule has 2 atom stereocenters. The first-order valence-electron chi connectivity index (χ1n) is 7.40. The summed E-state index contributed by atoms with van der Waals surface area (Å²) in [4.78, 5) is 25.4. The van der Waals surface area contributed by atoms with E-state index in [1.165, 1.54) is 0 Å². The van der Waals surface area contributed by atoms with Crippen molar-refractivity contribution in [1.82, 2.24) is 5.01 Å². The summed E-state index contributed by atoms with van der Waals surface area (Å²) in [5, 5.41) is 22.2. The molecule has 0 aliphatic carbocycles. The van der Waals surface area contributed by atoms with E-state index in [4.69, 9.17) is 4.74 Å². The van der Waals surface area contributed by atoms with Gasteiger partial charge >= 0.3 is 11.6 Å². The normalized spacial score (nSPS) is 31.4. The Bertz CT molecular complexity index is 784. The van der Waals surface area contributed by atoms with Crippen molar-refractivity contribution < 1.29 is 29.1 Å². The minimum Gasteiger partial charge on any atom is -0.465 e. The summed E-state index contributed by atoms with van der Waals surface area (Å²) in [5.74, 6) is -0.628. The topological polar surface area (TPSA) is 87.1 Å². The minimum atomic E-state index is -1.82.